The second-order valence-corrected chi connectivity index (χ2v) is 7.76. The molecule has 0 amide bonds. The predicted molar refractivity (Wildman–Crippen MR) is 129 cm³/mol. The Morgan fingerprint density at radius 2 is 1.62 bits per heavy atom. The van der Waals surface area contributed by atoms with Crippen molar-refractivity contribution < 1.29 is 9.47 Å². The first-order valence-corrected chi connectivity index (χ1v) is 11.0. The highest BCUT2D eigenvalue weighted by Crippen LogP contribution is 2.28. The van der Waals surface area contributed by atoms with Crippen LogP contribution < -0.4 is 4.74 Å². The predicted octanol–water partition coefficient (Wildman–Crippen LogP) is 5.46. The fourth-order valence-corrected chi connectivity index (χ4v) is 3.70. The van der Waals surface area contributed by atoms with Crippen LogP contribution in [0.4, 0.5) is 0 Å². The second-order valence-electron chi connectivity index (χ2n) is 7.76. The van der Waals surface area contributed by atoms with Gasteiger partial charge in [-0.2, -0.15) is 10.5 Å². The third-order valence-corrected chi connectivity index (χ3v) is 5.46. The molecule has 1 heterocycles. The fraction of sp³-hybridized carbons (Fsp3) is 0.179. The summed E-state index contributed by atoms with van der Waals surface area (Å²) >= 11 is 0. The number of hydrogen-bond acceptors (Lipinski definition) is 5. The Labute approximate surface area is 199 Å². The van der Waals surface area contributed by atoms with Crippen LogP contribution in [0.15, 0.2) is 79.3 Å². The van der Waals surface area contributed by atoms with Crippen LogP contribution in [0.2, 0.25) is 0 Å². The zero-order valence-corrected chi connectivity index (χ0v) is 18.9. The lowest BCUT2D eigenvalue weighted by Crippen LogP contribution is -2.05. The van der Waals surface area contributed by atoms with Gasteiger partial charge in [-0.15, -0.1) is 0 Å². The van der Waals surface area contributed by atoms with E-state index in [1.54, 1.807) is 12.5 Å². The fourth-order valence-electron chi connectivity index (χ4n) is 3.70. The Bertz CT molecular complexity index is 1330. The Hall–Kier alpha value is -4.39. The van der Waals surface area contributed by atoms with E-state index in [9.17, 15) is 5.26 Å². The van der Waals surface area contributed by atoms with Crippen molar-refractivity contribution >= 4 is 0 Å². The number of rotatable bonds is 9. The molecule has 0 atom stereocenters. The number of imidazole rings is 1. The molecule has 4 aromatic rings. The van der Waals surface area contributed by atoms with Gasteiger partial charge in [-0.3, -0.25) is 0 Å². The molecule has 0 spiro atoms. The molecule has 1 aromatic heterocycles. The van der Waals surface area contributed by atoms with Gasteiger partial charge in [0.1, 0.15) is 5.75 Å². The van der Waals surface area contributed by atoms with E-state index in [1.165, 1.54) is 0 Å². The van der Waals surface area contributed by atoms with E-state index < -0.39 is 0 Å². The van der Waals surface area contributed by atoms with E-state index in [2.05, 4.69) is 17.1 Å². The molecular weight excluding hydrogens is 424 g/mol. The van der Waals surface area contributed by atoms with E-state index in [0.717, 1.165) is 33.7 Å². The first kappa shape index (κ1) is 22.8. The van der Waals surface area contributed by atoms with Gasteiger partial charge in [-0.1, -0.05) is 30.3 Å². The molecule has 0 aliphatic carbocycles. The molecule has 3 aromatic carbocycles. The molecule has 0 aliphatic heterocycles. The maximum atomic E-state index is 9.37. The first-order chi connectivity index (χ1) is 16.7. The van der Waals surface area contributed by atoms with Crippen molar-refractivity contribution in [2.75, 3.05) is 6.61 Å². The van der Waals surface area contributed by atoms with Crippen molar-refractivity contribution in [3.63, 3.8) is 0 Å². The highest BCUT2D eigenvalue weighted by Gasteiger charge is 2.10. The summed E-state index contributed by atoms with van der Waals surface area (Å²) in [5.41, 5.74) is 6.26. The summed E-state index contributed by atoms with van der Waals surface area (Å²) < 4.78 is 13.6. The Kier molecular flexibility index (Phi) is 7.35. The molecule has 0 N–H and O–H groups in total. The number of hydrogen-bond donors (Lipinski definition) is 0. The molecule has 4 rings (SSSR count). The molecule has 0 saturated heterocycles. The molecule has 0 aliphatic rings. The molecular formula is C28H24N4O2. The minimum absolute atomic E-state index is 0.399. The third-order valence-electron chi connectivity index (χ3n) is 5.46. The van der Waals surface area contributed by atoms with E-state index in [1.807, 2.05) is 78.2 Å². The van der Waals surface area contributed by atoms with Crippen LogP contribution in [0.5, 0.6) is 5.75 Å². The molecule has 168 valence electrons. The van der Waals surface area contributed by atoms with Gasteiger partial charge < -0.3 is 14.0 Å². The maximum Gasteiger partial charge on any atom is 0.119 e. The summed E-state index contributed by atoms with van der Waals surface area (Å²) in [5.74, 6) is 0.816. The number of nitrogens with zero attached hydrogens (tertiary/aromatic N) is 4. The summed E-state index contributed by atoms with van der Waals surface area (Å²) in [6.07, 6.45) is 3.58. The summed E-state index contributed by atoms with van der Waals surface area (Å²) in [4.78, 5) is 4.27. The largest absolute Gasteiger partial charge is 0.494 e. The van der Waals surface area contributed by atoms with Crippen molar-refractivity contribution in [1.82, 2.24) is 9.55 Å². The average molecular weight is 449 g/mol. The van der Waals surface area contributed by atoms with Crippen LogP contribution in [0.3, 0.4) is 0 Å². The topological polar surface area (TPSA) is 83.9 Å². The Morgan fingerprint density at radius 3 is 2.32 bits per heavy atom. The standard InChI is InChI=1S/C28H24N4O2/c1-2-34-27-11-9-24(10-12-27)28-13-23(15-30)7-8-25(28)18-33-19-26-16-31-20-32(26)17-22-5-3-21(14-29)4-6-22/h3-13,16,20H,2,17-19H2,1H3. The lowest BCUT2D eigenvalue weighted by Gasteiger charge is -2.13. The van der Waals surface area contributed by atoms with Gasteiger partial charge >= 0.3 is 0 Å². The van der Waals surface area contributed by atoms with Crippen LogP contribution in [0.1, 0.15) is 34.9 Å². The van der Waals surface area contributed by atoms with Gasteiger partial charge in [-0.05, 0) is 65.6 Å². The van der Waals surface area contributed by atoms with Crippen LogP contribution in [-0.4, -0.2) is 16.2 Å². The van der Waals surface area contributed by atoms with Crippen molar-refractivity contribution in [2.24, 2.45) is 0 Å². The second kappa shape index (κ2) is 11.0. The summed E-state index contributed by atoms with van der Waals surface area (Å²) in [6, 6.07) is 25.4. The zero-order chi connectivity index (χ0) is 23.8. The molecule has 6 heteroatoms. The van der Waals surface area contributed by atoms with Crippen molar-refractivity contribution in [3.05, 3.63) is 107 Å². The zero-order valence-electron chi connectivity index (χ0n) is 18.9. The highest BCUT2D eigenvalue weighted by molar-refractivity contribution is 5.69. The quantitative estimate of drug-likeness (QED) is 0.340. The van der Waals surface area contributed by atoms with E-state index in [0.29, 0.717) is 37.5 Å². The summed E-state index contributed by atoms with van der Waals surface area (Å²) in [6.45, 7) is 4.02. The lowest BCUT2D eigenvalue weighted by molar-refractivity contribution is 0.103. The van der Waals surface area contributed by atoms with Gasteiger partial charge in [-0.25, -0.2) is 4.98 Å². The normalized spacial score (nSPS) is 10.4. The average Bonchev–Trinajstić information content (AvgIpc) is 3.32. The summed E-state index contributed by atoms with van der Waals surface area (Å²) in [7, 11) is 0. The van der Waals surface area contributed by atoms with Crippen molar-refractivity contribution in [2.45, 2.75) is 26.7 Å². The Morgan fingerprint density at radius 1 is 0.882 bits per heavy atom. The molecule has 0 radical (unpaired) electrons. The first-order valence-electron chi connectivity index (χ1n) is 11.0. The summed E-state index contributed by atoms with van der Waals surface area (Å²) in [5, 5.41) is 18.3. The van der Waals surface area contributed by atoms with Crippen LogP contribution in [0.25, 0.3) is 11.1 Å². The smallest absolute Gasteiger partial charge is 0.119 e. The monoisotopic (exact) mass is 448 g/mol. The minimum Gasteiger partial charge on any atom is -0.494 e. The Balaban J connectivity index is 1.46. The van der Waals surface area contributed by atoms with E-state index >= 15 is 0 Å². The third kappa shape index (κ3) is 5.50. The van der Waals surface area contributed by atoms with E-state index in [-0.39, 0.29) is 0 Å². The van der Waals surface area contributed by atoms with Gasteiger partial charge in [0.25, 0.3) is 0 Å². The number of nitriles is 2. The van der Waals surface area contributed by atoms with Crippen LogP contribution in [-0.2, 0) is 24.5 Å². The van der Waals surface area contributed by atoms with Crippen LogP contribution >= 0.6 is 0 Å². The van der Waals surface area contributed by atoms with E-state index in [4.69, 9.17) is 14.7 Å². The number of benzene rings is 3. The number of ether oxygens (including phenoxy) is 2. The number of aromatic nitrogens is 2. The molecule has 0 bridgehead atoms. The van der Waals surface area contributed by atoms with Crippen LogP contribution in [0, 0.1) is 22.7 Å². The maximum absolute atomic E-state index is 9.37. The van der Waals surface area contributed by atoms with Gasteiger partial charge in [0.2, 0.25) is 0 Å². The minimum atomic E-state index is 0.399. The highest BCUT2D eigenvalue weighted by atomic mass is 16.5. The molecule has 0 saturated carbocycles. The van der Waals surface area contributed by atoms with Gasteiger partial charge in [0, 0.05) is 6.54 Å². The SMILES string of the molecule is CCOc1ccc(-c2cc(C#N)ccc2COCc2cncn2Cc2ccc(C#N)cc2)cc1. The van der Waals surface area contributed by atoms with Gasteiger partial charge in [0.05, 0.1) is 61.3 Å². The van der Waals surface area contributed by atoms with Gasteiger partial charge in [0.15, 0.2) is 0 Å². The molecule has 34 heavy (non-hydrogen) atoms. The lowest BCUT2D eigenvalue weighted by atomic mass is 9.98. The molecule has 0 unspecified atom stereocenters. The molecule has 6 nitrogen and oxygen atoms in total. The molecule has 0 fully saturated rings. The van der Waals surface area contributed by atoms with Crippen molar-refractivity contribution in [1.29, 1.82) is 10.5 Å². The van der Waals surface area contributed by atoms with Crippen molar-refractivity contribution in [3.8, 4) is 29.0 Å².